The number of halogens is 1. The number of amides is 2. The van der Waals surface area contributed by atoms with Crippen molar-refractivity contribution in [1.82, 2.24) is 24.8 Å². The van der Waals surface area contributed by atoms with Gasteiger partial charge in [0.25, 0.3) is 0 Å². The van der Waals surface area contributed by atoms with Crippen LogP contribution in [0.3, 0.4) is 0 Å². The summed E-state index contributed by atoms with van der Waals surface area (Å²) in [5.41, 5.74) is 1.32. The molecule has 0 saturated carbocycles. The maximum absolute atomic E-state index is 15.2. The van der Waals surface area contributed by atoms with E-state index in [0.29, 0.717) is 36.1 Å². The Morgan fingerprint density at radius 3 is 2.59 bits per heavy atom. The molecule has 2 amide bonds. The molecule has 0 atom stereocenters. The van der Waals surface area contributed by atoms with E-state index in [-0.39, 0.29) is 29.2 Å². The summed E-state index contributed by atoms with van der Waals surface area (Å²) in [4.78, 5) is 42.2. The number of H-pyrrole nitrogens is 1. The molecule has 3 N–H and O–H groups in total. The van der Waals surface area contributed by atoms with Crippen LogP contribution in [0.25, 0.3) is 11.0 Å². The smallest absolute Gasteiger partial charge is 0.245 e. The molecule has 0 aliphatic carbocycles. The minimum Gasteiger partial charge on any atom is -0.457 e. The van der Waals surface area contributed by atoms with Gasteiger partial charge < -0.3 is 25.3 Å². The Morgan fingerprint density at radius 2 is 1.88 bits per heavy atom. The number of carbonyl (C=O) groups excluding carboxylic acids is 2. The minimum absolute atomic E-state index is 0.0624. The third kappa shape index (κ3) is 6.19. The van der Waals surface area contributed by atoms with Crippen LogP contribution in [0.4, 0.5) is 21.7 Å². The fourth-order valence-corrected chi connectivity index (χ4v) is 4.71. The molecule has 1 aliphatic heterocycles. The van der Waals surface area contributed by atoms with Gasteiger partial charge in [-0.05, 0) is 48.6 Å². The zero-order valence-corrected chi connectivity index (χ0v) is 23.2. The van der Waals surface area contributed by atoms with Gasteiger partial charge in [0.15, 0.2) is 0 Å². The summed E-state index contributed by atoms with van der Waals surface area (Å²) in [6.45, 7) is 10.3. The monoisotopic (exact) mass is 557 g/mol. The second-order valence-electron chi connectivity index (χ2n) is 10.9. The third-order valence-corrected chi connectivity index (χ3v) is 7.00. The number of hydrogen-bond acceptors (Lipinski definition) is 7. The van der Waals surface area contributed by atoms with E-state index < -0.39 is 11.2 Å². The highest BCUT2D eigenvalue weighted by atomic mass is 19.1. The predicted molar refractivity (Wildman–Crippen MR) is 155 cm³/mol. The Balaban J connectivity index is 1.32. The Bertz CT molecular complexity index is 1600. The summed E-state index contributed by atoms with van der Waals surface area (Å²) in [5.74, 6) is 0.934. The van der Waals surface area contributed by atoms with Crippen LogP contribution in [-0.2, 0) is 9.59 Å². The minimum atomic E-state index is -0.579. The average molecular weight is 558 g/mol. The Morgan fingerprint density at radius 1 is 1.12 bits per heavy atom. The molecule has 4 aromatic rings. The number of ether oxygens (including phenoxy) is 1. The second-order valence-corrected chi connectivity index (χ2v) is 10.9. The van der Waals surface area contributed by atoms with E-state index in [1.165, 1.54) is 24.7 Å². The first-order valence-electron chi connectivity index (χ1n) is 13.4. The largest absolute Gasteiger partial charge is 0.457 e. The van der Waals surface area contributed by atoms with E-state index in [2.05, 4.69) is 37.1 Å². The highest BCUT2D eigenvalue weighted by Crippen LogP contribution is 2.37. The number of carbonyl (C=O) groups is 2. The first kappa shape index (κ1) is 27.8. The van der Waals surface area contributed by atoms with E-state index >= 15 is 4.39 Å². The van der Waals surface area contributed by atoms with Crippen LogP contribution in [0.5, 0.6) is 11.5 Å². The summed E-state index contributed by atoms with van der Waals surface area (Å²) in [6.07, 6.45) is 7.77. The van der Waals surface area contributed by atoms with Gasteiger partial charge in [-0.3, -0.25) is 9.59 Å². The van der Waals surface area contributed by atoms with Crippen molar-refractivity contribution in [2.45, 2.75) is 39.5 Å². The number of aromatic amines is 1. The SMILES string of the molecule is C=CC(=O)N1CCC(c2c[nH]c3ncnc(Nc4ccc(Oc5ccnc(NC(=O)C(C)(C)C)c5)cc4F)c23)CC1. The van der Waals surface area contributed by atoms with Crippen molar-refractivity contribution >= 4 is 40.2 Å². The molecule has 10 nitrogen and oxygen atoms in total. The number of rotatable bonds is 7. The fraction of sp³-hybridized carbons (Fsp3) is 0.300. The first-order chi connectivity index (χ1) is 19.6. The molecule has 1 saturated heterocycles. The van der Waals surface area contributed by atoms with Gasteiger partial charge in [-0.25, -0.2) is 19.3 Å². The van der Waals surface area contributed by atoms with Crippen LogP contribution in [-0.4, -0.2) is 49.7 Å². The zero-order chi connectivity index (χ0) is 29.1. The molecule has 3 aromatic heterocycles. The van der Waals surface area contributed by atoms with Gasteiger partial charge in [0.1, 0.15) is 40.9 Å². The van der Waals surface area contributed by atoms with Gasteiger partial charge in [-0.2, -0.15) is 0 Å². The summed E-state index contributed by atoms with van der Waals surface area (Å²) in [6, 6.07) is 7.70. The van der Waals surface area contributed by atoms with Crippen LogP contribution < -0.4 is 15.4 Å². The molecule has 0 bridgehead atoms. The third-order valence-electron chi connectivity index (χ3n) is 7.00. The number of piperidine rings is 1. The number of pyridine rings is 1. The number of likely N-dealkylation sites (tertiary alicyclic amines) is 1. The Kier molecular flexibility index (Phi) is 7.69. The lowest BCUT2D eigenvalue weighted by molar-refractivity contribution is -0.127. The summed E-state index contributed by atoms with van der Waals surface area (Å²) in [5, 5.41) is 6.67. The second kappa shape index (κ2) is 11.4. The Labute approximate surface area is 237 Å². The lowest BCUT2D eigenvalue weighted by Gasteiger charge is -2.31. The van der Waals surface area contributed by atoms with Crippen molar-refractivity contribution in [2.75, 3.05) is 23.7 Å². The lowest BCUT2D eigenvalue weighted by Crippen LogP contribution is -2.36. The van der Waals surface area contributed by atoms with Crippen LogP contribution in [0.15, 0.2) is 61.7 Å². The molecule has 1 aromatic carbocycles. The topological polar surface area (TPSA) is 125 Å². The molecule has 0 radical (unpaired) electrons. The predicted octanol–water partition coefficient (Wildman–Crippen LogP) is 5.90. The van der Waals surface area contributed by atoms with Crippen molar-refractivity contribution in [2.24, 2.45) is 5.41 Å². The number of nitrogens with zero attached hydrogens (tertiary/aromatic N) is 4. The van der Waals surface area contributed by atoms with Gasteiger partial charge in [0.2, 0.25) is 11.8 Å². The molecular formula is C30H32FN7O3. The number of benzene rings is 1. The number of hydrogen-bond donors (Lipinski definition) is 3. The lowest BCUT2D eigenvalue weighted by atomic mass is 9.89. The standard InChI is InChI=1S/C30H32FN7O3/c1-5-25(39)38-12-9-18(10-13-38)21-16-33-27-26(21)28(35-17-34-27)36-23-7-6-19(14-22(23)31)41-20-8-11-32-24(15-20)37-29(40)30(2,3)4/h5-8,11,14-18H,1,9-10,12-13H2,2-4H3,(H,32,37,40)(H2,33,34,35,36). The molecule has 11 heteroatoms. The molecule has 1 aliphatic rings. The first-order valence-corrected chi connectivity index (χ1v) is 13.4. The Hall–Kier alpha value is -4.80. The molecule has 4 heterocycles. The fourth-order valence-electron chi connectivity index (χ4n) is 4.71. The van der Waals surface area contributed by atoms with Gasteiger partial charge in [0, 0.05) is 43.0 Å². The number of fused-ring (bicyclic) bond motifs is 1. The molecular weight excluding hydrogens is 525 g/mol. The summed E-state index contributed by atoms with van der Waals surface area (Å²) < 4.78 is 21.1. The van der Waals surface area contributed by atoms with E-state index in [9.17, 15) is 9.59 Å². The van der Waals surface area contributed by atoms with E-state index in [4.69, 9.17) is 4.74 Å². The molecule has 0 spiro atoms. The summed E-state index contributed by atoms with van der Waals surface area (Å²) in [7, 11) is 0. The zero-order valence-electron chi connectivity index (χ0n) is 23.2. The van der Waals surface area contributed by atoms with Crippen LogP contribution in [0.2, 0.25) is 0 Å². The maximum atomic E-state index is 15.2. The van der Waals surface area contributed by atoms with E-state index in [0.717, 1.165) is 23.8 Å². The quantitative estimate of drug-likeness (QED) is 0.242. The highest BCUT2D eigenvalue weighted by Gasteiger charge is 2.26. The van der Waals surface area contributed by atoms with Gasteiger partial charge in [0.05, 0.1) is 11.1 Å². The van der Waals surface area contributed by atoms with Crippen molar-refractivity contribution in [1.29, 1.82) is 0 Å². The van der Waals surface area contributed by atoms with Crippen molar-refractivity contribution in [3.05, 3.63) is 73.1 Å². The number of aromatic nitrogens is 4. The van der Waals surface area contributed by atoms with Gasteiger partial charge in [-0.1, -0.05) is 27.4 Å². The molecule has 212 valence electrons. The van der Waals surface area contributed by atoms with Gasteiger partial charge in [-0.15, -0.1) is 0 Å². The molecule has 1 fully saturated rings. The van der Waals surface area contributed by atoms with Crippen LogP contribution in [0.1, 0.15) is 45.1 Å². The van der Waals surface area contributed by atoms with E-state index in [1.807, 2.05) is 27.0 Å². The van der Waals surface area contributed by atoms with Gasteiger partial charge >= 0.3 is 0 Å². The van der Waals surface area contributed by atoms with Crippen LogP contribution >= 0.6 is 0 Å². The normalized spacial score (nSPS) is 14.1. The summed E-state index contributed by atoms with van der Waals surface area (Å²) >= 11 is 0. The number of nitrogens with one attached hydrogen (secondary N) is 3. The average Bonchev–Trinajstić information content (AvgIpc) is 3.39. The van der Waals surface area contributed by atoms with E-state index in [1.54, 1.807) is 29.2 Å². The van der Waals surface area contributed by atoms with Crippen molar-refractivity contribution in [3.63, 3.8) is 0 Å². The van der Waals surface area contributed by atoms with Crippen molar-refractivity contribution in [3.8, 4) is 11.5 Å². The van der Waals surface area contributed by atoms with Crippen molar-refractivity contribution < 1.29 is 18.7 Å². The molecule has 0 unspecified atom stereocenters. The highest BCUT2D eigenvalue weighted by molar-refractivity contribution is 5.94. The molecule has 5 rings (SSSR count). The molecule has 41 heavy (non-hydrogen) atoms. The maximum Gasteiger partial charge on any atom is 0.245 e. The van der Waals surface area contributed by atoms with Crippen LogP contribution in [0, 0.1) is 11.2 Å². The number of anilines is 3.